The molecule has 0 aliphatic carbocycles. The standard InChI is InChI=1S/C13H18N2O3/c1-2-17-13(16)11-4-3-6-15-12(11)18-9-10-5-7-14-8-10/h3-4,6,10,14H,2,5,7-9H2,1H3. The Bertz CT molecular complexity index is 403. The smallest absolute Gasteiger partial charge is 0.343 e. The lowest BCUT2D eigenvalue weighted by molar-refractivity contribution is 0.0519. The highest BCUT2D eigenvalue weighted by Crippen LogP contribution is 2.17. The molecule has 1 aliphatic rings. The first kappa shape index (κ1) is 12.8. The van der Waals surface area contributed by atoms with Crippen LogP contribution >= 0.6 is 0 Å². The van der Waals surface area contributed by atoms with Crippen LogP contribution in [-0.4, -0.2) is 37.3 Å². The summed E-state index contributed by atoms with van der Waals surface area (Å²) in [5.74, 6) is 0.468. The van der Waals surface area contributed by atoms with Gasteiger partial charge in [0.2, 0.25) is 5.88 Å². The summed E-state index contributed by atoms with van der Waals surface area (Å²) >= 11 is 0. The van der Waals surface area contributed by atoms with E-state index in [9.17, 15) is 4.79 Å². The zero-order valence-corrected chi connectivity index (χ0v) is 10.5. The van der Waals surface area contributed by atoms with Crippen molar-refractivity contribution in [2.24, 2.45) is 5.92 Å². The molecule has 98 valence electrons. The minimum atomic E-state index is -0.384. The van der Waals surface area contributed by atoms with Crippen molar-refractivity contribution in [2.45, 2.75) is 13.3 Å². The van der Waals surface area contributed by atoms with Crippen LogP contribution in [0.4, 0.5) is 0 Å². The van der Waals surface area contributed by atoms with Crippen molar-refractivity contribution in [3.05, 3.63) is 23.9 Å². The highest BCUT2D eigenvalue weighted by Gasteiger charge is 2.18. The van der Waals surface area contributed by atoms with Gasteiger partial charge in [-0.2, -0.15) is 0 Å². The Hall–Kier alpha value is -1.62. The van der Waals surface area contributed by atoms with Crippen LogP contribution in [0.1, 0.15) is 23.7 Å². The fourth-order valence-corrected chi connectivity index (χ4v) is 1.92. The lowest BCUT2D eigenvalue weighted by atomic mass is 10.1. The minimum absolute atomic E-state index is 0.347. The summed E-state index contributed by atoms with van der Waals surface area (Å²) in [5, 5.41) is 3.27. The zero-order valence-electron chi connectivity index (χ0n) is 10.5. The van der Waals surface area contributed by atoms with Crippen molar-refractivity contribution in [2.75, 3.05) is 26.3 Å². The molecule has 5 heteroatoms. The van der Waals surface area contributed by atoms with Gasteiger partial charge in [-0.05, 0) is 32.0 Å². The predicted molar refractivity (Wildman–Crippen MR) is 66.7 cm³/mol. The molecule has 1 atom stereocenters. The molecule has 1 unspecified atom stereocenters. The molecule has 1 aromatic heterocycles. The van der Waals surface area contributed by atoms with E-state index in [1.807, 2.05) is 0 Å². The molecule has 0 bridgehead atoms. The van der Waals surface area contributed by atoms with Gasteiger partial charge in [0.1, 0.15) is 5.56 Å². The van der Waals surface area contributed by atoms with E-state index in [2.05, 4.69) is 10.3 Å². The van der Waals surface area contributed by atoms with Crippen molar-refractivity contribution in [3.8, 4) is 5.88 Å². The fraction of sp³-hybridized carbons (Fsp3) is 0.538. The summed E-state index contributed by atoms with van der Waals surface area (Å²) in [4.78, 5) is 15.8. The summed E-state index contributed by atoms with van der Waals surface area (Å²) in [7, 11) is 0. The van der Waals surface area contributed by atoms with E-state index in [0.717, 1.165) is 19.5 Å². The van der Waals surface area contributed by atoms with Crippen LogP contribution in [-0.2, 0) is 4.74 Å². The number of nitrogens with zero attached hydrogens (tertiary/aromatic N) is 1. The largest absolute Gasteiger partial charge is 0.477 e. The summed E-state index contributed by atoms with van der Waals surface area (Å²) in [6, 6.07) is 3.38. The number of nitrogens with one attached hydrogen (secondary N) is 1. The van der Waals surface area contributed by atoms with Crippen molar-refractivity contribution < 1.29 is 14.3 Å². The van der Waals surface area contributed by atoms with E-state index < -0.39 is 0 Å². The Kier molecular flexibility index (Phi) is 4.52. The van der Waals surface area contributed by atoms with Crippen molar-refractivity contribution in [3.63, 3.8) is 0 Å². The highest BCUT2D eigenvalue weighted by atomic mass is 16.5. The van der Waals surface area contributed by atoms with E-state index >= 15 is 0 Å². The van der Waals surface area contributed by atoms with Gasteiger partial charge in [0.05, 0.1) is 13.2 Å². The summed E-state index contributed by atoms with van der Waals surface area (Å²) in [6.45, 7) is 4.69. The normalized spacial score (nSPS) is 18.6. The molecule has 0 aromatic carbocycles. The molecule has 2 heterocycles. The minimum Gasteiger partial charge on any atom is -0.477 e. The number of carbonyl (C=O) groups is 1. The van der Waals surface area contributed by atoms with Gasteiger partial charge in [0.25, 0.3) is 0 Å². The number of hydrogen-bond acceptors (Lipinski definition) is 5. The molecule has 0 amide bonds. The molecule has 0 saturated carbocycles. The van der Waals surface area contributed by atoms with Gasteiger partial charge in [0.15, 0.2) is 0 Å². The molecule has 1 aliphatic heterocycles. The van der Waals surface area contributed by atoms with E-state index in [4.69, 9.17) is 9.47 Å². The number of hydrogen-bond donors (Lipinski definition) is 1. The number of esters is 1. The van der Waals surface area contributed by atoms with Crippen LogP contribution in [0.15, 0.2) is 18.3 Å². The van der Waals surface area contributed by atoms with E-state index in [0.29, 0.717) is 30.6 Å². The summed E-state index contributed by atoms with van der Waals surface area (Å²) in [5.41, 5.74) is 0.394. The lowest BCUT2D eigenvalue weighted by Gasteiger charge is -2.12. The quantitative estimate of drug-likeness (QED) is 0.797. The third-order valence-electron chi connectivity index (χ3n) is 2.88. The zero-order chi connectivity index (χ0) is 12.8. The van der Waals surface area contributed by atoms with Crippen molar-refractivity contribution in [1.29, 1.82) is 0 Å². The first-order valence-electron chi connectivity index (χ1n) is 6.27. The molecule has 1 fully saturated rings. The van der Waals surface area contributed by atoms with Crippen molar-refractivity contribution >= 4 is 5.97 Å². The van der Waals surface area contributed by atoms with Crippen LogP contribution in [0.25, 0.3) is 0 Å². The van der Waals surface area contributed by atoms with Gasteiger partial charge in [-0.3, -0.25) is 0 Å². The monoisotopic (exact) mass is 250 g/mol. The molecule has 0 spiro atoms. The number of rotatable bonds is 5. The third-order valence-corrected chi connectivity index (χ3v) is 2.88. The molecule has 1 N–H and O–H groups in total. The van der Waals surface area contributed by atoms with Gasteiger partial charge in [-0.1, -0.05) is 0 Å². The molecule has 5 nitrogen and oxygen atoms in total. The fourth-order valence-electron chi connectivity index (χ4n) is 1.92. The van der Waals surface area contributed by atoms with E-state index in [-0.39, 0.29) is 5.97 Å². The first-order valence-corrected chi connectivity index (χ1v) is 6.27. The average Bonchev–Trinajstić information content (AvgIpc) is 2.90. The van der Waals surface area contributed by atoms with Crippen LogP contribution < -0.4 is 10.1 Å². The number of ether oxygens (including phenoxy) is 2. The topological polar surface area (TPSA) is 60.5 Å². The second-order valence-electron chi connectivity index (χ2n) is 4.25. The van der Waals surface area contributed by atoms with Crippen molar-refractivity contribution in [1.82, 2.24) is 10.3 Å². The van der Waals surface area contributed by atoms with E-state index in [1.165, 1.54) is 0 Å². The van der Waals surface area contributed by atoms with Crippen LogP contribution in [0.2, 0.25) is 0 Å². The third kappa shape index (κ3) is 3.20. The molecular formula is C13H18N2O3. The Morgan fingerprint density at radius 1 is 1.61 bits per heavy atom. The molecule has 0 radical (unpaired) electrons. The Morgan fingerprint density at radius 2 is 2.50 bits per heavy atom. The first-order chi connectivity index (χ1) is 8.81. The second kappa shape index (κ2) is 6.35. The van der Waals surface area contributed by atoms with Gasteiger partial charge in [-0.15, -0.1) is 0 Å². The molecule has 2 rings (SSSR count). The van der Waals surface area contributed by atoms with Crippen LogP contribution in [0, 0.1) is 5.92 Å². The number of pyridine rings is 1. The number of aromatic nitrogens is 1. The maximum atomic E-state index is 11.7. The van der Waals surface area contributed by atoms with Crippen LogP contribution in [0.3, 0.4) is 0 Å². The Balaban J connectivity index is 2.00. The second-order valence-corrected chi connectivity index (χ2v) is 4.25. The molecular weight excluding hydrogens is 232 g/mol. The maximum Gasteiger partial charge on any atom is 0.343 e. The predicted octanol–water partition coefficient (Wildman–Crippen LogP) is 1.25. The number of carbonyl (C=O) groups excluding carboxylic acids is 1. The SMILES string of the molecule is CCOC(=O)c1cccnc1OCC1CCNC1. The summed E-state index contributed by atoms with van der Waals surface area (Å²) in [6.07, 6.45) is 2.71. The Morgan fingerprint density at radius 3 is 3.22 bits per heavy atom. The molecule has 18 heavy (non-hydrogen) atoms. The Labute approximate surface area is 107 Å². The van der Waals surface area contributed by atoms with Gasteiger partial charge >= 0.3 is 5.97 Å². The van der Waals surface area contributed by atoms with Crippen LogP contribution in [0.5, 0.6) is 5.88 Å². The average molecular weight is 250 g/mol. The van der Waals surface area contributed by atoms with E-state index in [1.54, 1.807) is 25.3 Å². The lowest BCUT2D eigenvalue weighted by Crippen LogP contribution is -2.17. The van der Waals surface area contributed by atoms with Gasteiger partial charge < -0.3 is 14.8 Å². The van der Waals surface area contributed by atoms with Gasteiger partial charge in [-0.25, -0.2) is 9.78 Å². The molecule has 1 aromatic rings. The van der Waals surface area contributed by atoms with Gasteiger partial charge in [0, 0.05) is 18.7 Å². The summed E-state index contributed by atoms with van der Waals surface area (Å²) < 4.78 is 10.6. The highest BCUT2D eigenvalue weighted by molar-refractivity contribution is 5.91. The maximum absolute atomic E-state index is 11.7. The molecule has 1 saturated heterocycles.